The summed E-state index contributed by atoms with van der Waals surface area (Å²) in [6.07, 6.45) is 0.414. The quantitative estimate of drug-likeness (QED) is 0.139. The second-order valence-electron chi connectivity index (χ2n) is 14.0. The smallest absolute Gasteiger partial charge is 0.308 e. The molecule has 0 aromatic heterocycles. The normalized spacial score (nSPS) is 21.0. The van der Waals surface area contributed by atoms with Crippen LogP contribution in [0.3, 0.4) is 0 Å². The predicted molar refractivity (Wildman–Crippen MR) is 175 cm³/mol. The van der Waals surface area contributed by atoms with Gasteiger partial charge in [0.1, 0.15) is 24.4 Å². The minimum Gasteiger partial charge on any atom is -0.457 e. The van der Waals surface area contributed by atoms with Gasteiger partial charge in [-0.15, -0.1) is 0 Å². The van der Waals surface area contributed by atoms with Gasteiger partial charge < -0.3 is 18.9 Å². The van der Waals surface area contributed by atoms with Crippen LogP contribution in [0.2, 0.25) is 0 Å². The second kappa shape index (κ2) is 13.4. The maximum Gasteiger partial charge on any atom is 0.308 e. The Balaban J connectivity index is 1.64. The fourth-order valence-corrected chi connectivity index (χ4v) is 6.11. The van der Waals surface area contributed by atoms with Crippen LogP contribution in [0, 0.1) is 23.7 Å². The molecule has 0 bridgehead atoms. The molecule has 0 radical (unpaired) electrons. The van der Waals surface area contributed by atoms with E-state index >= 15 is 0 Å². The molecule has 0 heterocycles. The number of esters is 4. The van der Waals surface area contributed by atoms with Gasteiger partial charge in [-0.05, 0) is 106 Å². The summed E-state index contributed by atoms with van der Waals surface area (Å²) in [7, 11) is 0. The van der Waals surface area contributed by atoms with Crippen LogP contribution in [0.4, 0.5) is 0 Å². The van der Waals surface area contributed by atoms with Gasteiger partial charge in [0, 0.05) is 0 Å². The molecular weight excluding hydrogens is 584 g/mol. The van der Waals surface area contributed by atoms with E-state index in [1.165, 1.54) is 0 Å². The first-order chi connectivity index (χ1) is 21.7. The van der Waals surface area contributed by atoms with Crippen LogP contribution in [0.1, 0.15) is 128 Å². The number of carbonyl (C=O) groups is 4. The Labute approximate surface area is 271 Å². The SMILES string of the molecule is CC(C)C(=O)OC1CCC(OC(=O)C(C)C)c2cc3cc4cc5c(cc4cc3cc21)C(OC(=O)C(C)C)CCC5OC(=O)C(C)C. The third-order valence-electron chi connectivity index (χ3n) is 8.89. The maximum absolute atomic E-state index is 12.6. The number of rotatable bonds is 8. The summed E-state index contributed by atoms with van der Waals surface area (Å²) in [5.41, 5.74) is 3.37. The van der Waals surface area contributed by atoms with Gasteiger partial charge in [-0.3, -0.25) is 19.2 Å². The third kappa shape index (κ3) is 6.91. The molecule has 0 saturated carbocycles. The van der Waals surface area contributed by atoms with Crippen molar-refractivity contribution in [2.24, 2.45) is 23.7 Å². The molecule has 0 aliphatic heterocycles. The topological polar surface area (TPSA) is 105 Å². The van der Waals surface area contributed by atoms with Crippen LogP contribution in [-0.2, 0) is 38.1 Å². The molecule has 3 aromatic carbocycles. The highest BCUT2D eigenvalue weighted by Gasteiger charge is 2.35. The van der Waals surface area contributed by atoms with Gasteiger partial charge in [0.25, 0.3) is 0 Å². The Hall–Kier alpha value is -3.94. The molecule has 3 aromatic rings. The van der Waals surface area contributed by atoms with E-state index in [0.29, 0.717) is 25.7 Å². The lowest BCUT2D eigenvalue weighted by molar-refractivity contribution is -0.159. The molecule has 0 N–H and O–H groups in total. The summed E-state index contributed by atoms with van der Waals surface area (Å²) in [5, 5.41) is 3.79. The van der Waals surface area contributed by atoms with E-state index < -0.39 is 24.4 Å². The molecule has 0 amide bonds. The summed E-state index contributed by atoms with van der Waals surface area (Å²) < 4.78 is 23.8. The molecule has 46 heavy (non-hydrogen) atoms. The summed E-state index contributed by atoms with van der Waals surface area (Å²) in [6.45, 7) is 14.5. The zero-order valence-electron chi connectivity index (χ0n) is 28.2. The van der Waals surface area contributed by atoms with E-state index in [0.717, 1.165) is 43.8 Å². The Bertz CT molecular complexity index is 1430. The fraction of sp³-hybridized carbons (Fsp3) is 0.526. The van der Waals surface area contributed by atoms with Crippen LogP contribution < -0.4 is 0 Å². The summed E-state index contributed by atoms with van der Waals surface area (Å²) in [6, 6.07) is 12.3. The van der Waals surface area contributed by atoms with Crippen LogP contribution in [-0.4, -0.2) is 23.9 Å². The number of hydrogen-bond acceptors (Lipinski definition) is 8. The van der Waals surface area contributed by atoms with Crippen molar-refractivity contribution in [2.45, 2.75) is 105 Å². The monoisotopic (exact) mass is 630 g/mol. The molecule has 246 valence electrons. The predicted octanol–water partition coefficient (Wildman–Crippen LogP) is 8.54. The van der Waals surface area contributed by atoms with Gasteiger partial charge in [-0.2, -0.15) is 0 Å². The van der Waals surface area contributed by atoms with Crippen LogP contribution in [0.25, 0.3) is 21.5 Å². The first-order valence-corrected chi connectivity index (χ1v) is 16.6. The van der Waals surface area contributed by atoms with Gasteiger partial charge in [0.15, 0.2) is 0 Å². The highest BCUT2D eigenvalue weighted by molar-refractivity contribution is 5.99. The van der Waals surface area contributed by atoms with Gasteiger partial charge in [0.2, 0.25) is 0 Å². The van der Waals surface area contributed by atoms with Crippen molar-refractivity contribution in [2.75, 3.05) is 0 Å². The van der Waals surface area contributed by atoms with Gasteiger partial charge in [-0.25, -0.2) is 0 Å². The van der Waals surface area contributed by atoms with Gasteiger partial charge >= 0.3 is 23.9 Å². The van der Waals surface area contributed by atoms with Crippen LogP contribution in [0.5, 0.6) is 0 Å². The number of benzene rings is 3. The summed E-state index contributed by atoms with van der Waals surface area (Å²) in [5.74, 6) is -2.15. The van der Waals surface area contributed by atoms with Gasteiger partial charge in [-0.1, -0.05) is 55.4 Å². The molecule has 0 fully saturated rings. The van der Waals surface area contributed by atoms with Crippen molar-refractivity contribution in [3.05, 3.63) is 58.7 Å². The molecule has 2 aliphatic carbocycles. The van der Waals surface area contributed by atoms with Crippen LogP contribution >= 0.6 is 0 Å². The number of ether oxygens (including phenoxy) is 4. The van der Waals surface area contributed by atoms with E-state index in [2.05, 4.69) is 12.1 Å². The first kappa shape index (κ1) is 33.4. The average molecular weight is 631 g/mol. The van der Waals surface area contributed by atoms with Crippen molar-refractivity contribution in [3.8, 4) is 0 Å². The zero-order valence-corrected chi connectivity index (χ0v) is 28.2. The third-order valence-corrected chi connectivity index (χ3v) is 8.89. The Morgan fingerprint density at radius 3 is 0.783 bits per heavy atom. The molecular formula is C38H46O8. The molecule has 8 nitrogen and oxygen atoms in total. The molecule has 0 saturated heterocycles. The van der Waals surface area contributed by atoms with Crippen molar-refractivity contribution in [1.82, 2.24) is 0 Å². The molecule has 4 unspecified atom stereocenters. The molecule has 2 aliphatic rings. The maximum atomic E-state index is 12.6. The van der Waals surface area contributed by atoms with E-state index in [4.69, 9.17) is 18.9 Å². The van der Waals surface area contributed by atoms with Crippen molar-refractivity contribution in [1.29, 1.82) is 0 Å². The Morgan fingerprint density at radius 2 is 0.609 bits per heavy atom. The lowest BCUT2D eigenvalue weighted by Gasteiger charge is -2.33. The highest BCUT2D eigenvalue weighted by atomic mass is 16.6. The molecule has 5 rings (SSSR count). The Kier molecular flexibility index (Phi) is 9.75. The zero-order chi connectivity index (χ0) is 33.4. The number of carbonyl (C=O) groups excluding carboxylic acids is 4. The second-order valence-corrected chi connectivity index (χ2v) is 14.0. The minimum absolute atomic E-state index is 0.267. The Morgan fingerprint density at radius 1 is 0.413 bits per heavy atom. The van der Waals surface area contributed by atoms with E-state index in [9.17, 15) is 19.2 Å². The molecule has 4 atom stereocenters. The van der Waals surface area contributed by atoms with Crippen molar-refractivity contribution < 1.29 is 38.1 Å². The summed E-state index contributed by atoms with van der Waals surface area (Å²) >= 11 is 0. The average Bonchev–Trinajstić information content (AvgIpc) is 3.00. The number of fused-ring (bicyclic) bond motifs is 4. The van der Waals surface area contributed by atoms with E-state index in [-0.39, 0.29) is 47.5 Å². The van der Waals surface area contributed by atoms with Crippen molar-refractivity contribution >= 4 is 45.4 Å². The fourth-order valence-electron chi connectivity index (χ4n) is 6.11. The van der Waals surface area contributed by atoms with Gasteiger partial charge in [0.05, 0.1) is 23.7 Å². The largest absolute Gasteiger partial charge is 0.457 e. The minimum atomic E-state index is -0.446. The van der Waals surface area contributed by atoms with Crippen molar-refractivity contribution in [3.63, 3.8) is 0 Å². The van der Waals surface area contributed by atoms with Crippen LogP contribution in [0.15, 0.2) is 36.4 Å². The number of hydrogen-bond donors (Lipinski definition) is 0. The molecule has 8 heteroatoms. The van der Waals surface area contributed by atoms with E-state index in [1.807, 2.05) is 79.7 Å². The highest BCUT2D eigenvalue weighted by Crippen LogP contribution is 2.46. The lowest BCUT2D eigenvalue weighted by Crippen LogP contribution is -2.25. The van der Waals surface area contributed by atoms with E-state index in [1.54, 1.807) is 0 Å². The first-order valence-electron chi connectivity index (χ1n) is 16.6. The summed E-state index contributed by atoms with van der Waals surface area (Å²) in [4.78, 5) is 50.6. The lowest BCUT2D eigenvalue weighted by atomic mass is 9.83. The molecule has 0 spiro atoms. The standard InChI is InChI=1S/C38H46O8/c1-19(2)35(39)43-31-9-10-32(44-36(40)20(3)4)28-16-24-14-26-18-30-29(17-25(26)13-23(24)15-27(28)31)33(45-37(41)21(5)6)11-12-34(30)46-38(42)22(7)8/h13-22,31-34H,9-12H2,1-8H3.